The monoisotopic (exact) mass is 320 g/mol. The molecule has 0 aliphatic carbocycles. The predicted octanol–water partition coefficient (Wildman–Crippen LogP) is 1.73. The average Bonchev–Trinajstić information content (AvgIpc) is 2.62. The average molecular weight is 320 g/mol. The Kier molecular flexibility index (Phi) is 5.80. The van der Waals surface area contributed by atoms with Crippen molar-refractivity contribution in [1.29, 1.82) is 0 Å². The summed E-state index contributed by atoms with van der Waals surface area (Å²) in [6.07, 6.45) is 4.18. The molecular formula is C17H28N4O2. The zero-order valence-corrected chi connectivity index (χ0v) is 14.3. The molecule has 0 N–H and O–H groups in total. The normalized spacial score (nSPS) is 23.8. The second kappa shape index (κ2) is 8.04. The van der Waals surface area contributed by atoms with E-state index in [1.165, 1.54) is 0 Å². The van der Waals surface area contributed by atoms with Crippen LogP contribution in [0.4, 0.5) is 5.82 Å². The van der Waals surface area contributed by atoms with E-state index < -0.39 is 0 Å². The molecule has 0 radical (unpaired) electrons. The minimum Gasteiger partial charge on any atom is -0.381 e. The first-order chi connectivity index (χ1) is 11.3. The largest absolute Gasteiger partial charge is 0.381 e. The predicted molar refractivity (Wildman–Crippen MR) is 89.7 cm³/mol. The fraction of sp³-hybridized carbons (Fsp3) is 0.765. The molecule has 6 heteroatoms. The van der Waals surface area contributed by atoms with Crippen molar-refractivity contribution in [3.05, 3.63) is 18.1 Å². The van der Waals surface area contributed by atoms with Crippen LogP contribution in [0.25, 0.3) is 0 Å². The van der Waals surface area contributed by atoms with Crippen LogP contribution >= 0.6 is 0 Å². The van der Waals surface area contributed by atoms with Gasteiger partial charge in [0.05, 0.1) is 19.3 Å². The number of aromatic nitrogens is 2. The highest BCUT2D eigenvalue weighted by Crippen LogP contribution is 2.26. The van der Waals surface area contributed by atoms with Crippen molar-refractivity contribution in [2.75, 3.05) is 58.0 Å². The number of hydrogen-bond donors (Lipinski definition) is 0. The molecule has 2 saturated heterocycles. The van der Waals surface area contributed by atoms with E-state index in [0.29, 0.717) is 12.5 Å². The Hall–Kier alpha value is -1.24. The molecule has 1 aromatic rings. The van der Waals surface area contributed by atoms with Gasteiger partial charge in [0.15, 0.2) is 0 Å². The van der Waals surface area contributed by atoms with Gasteiger partial charge in [0.25, 0.3) is 0 Å². The first-order valence-electron chi connectivity index (χ1n) is 8.71. The molecule has 1 atom stereocenters. The zero-order chi connectivity index (χ0) is 16.1. The first-order valence-corrected chi connectivity index (χ1v) is 8.71. The SMILES string of the molecule is CCN(C)c1ccnc([C@H]2COCCN2CC2CCOCC2)n1. The Bertz CT molecular complexity index is 493. The summed E-state index contributed by atoms with van der Waals surface area (Å²) >= 11 is 0. The Morgan fingerprint density at radius 2 is 2.09 bits per heavy atom. The topological polar surface area (TPSA) is 50.7 Å². The molecule has 3 heterocycles. The van der Waals surface area contributed by atoms with Crippen molar-refractivity contribution in [2.45, 2.75) is 25.8 Å². The molecule has 3 rings (SSSR count). The molecule has 0 saturated carbocycles. The van der Waals surface area contributed by atoms with Gasteiger partial charge in [-0.2, -0.15) is 0 Å². The van der Waals surface area contributed by atoms with Crippen LogP contribution in [-0.4, -0.2) is 68.0 Å². The van der Waals surface area contributed by atoms with Gasteiger partial charge >= 0.3 is 0 Å². The molecule has 0 unspecified atom stereocenters. The zero-order valence-electron chi connectivity index (χ0n) is 14.3. The van der Waals surface area contributed by atoms with Crippen molar-refractivity contribution in [1.82, 2.24) is 14.9 Å². The van der Waals surface area contributed by atoms with Crippen LogP contribution in [-0.2, 0) is 9.47 Å². The lowest BCUT2D eigenvalue weighted by atomic mass is 9.98. The molecular weight excluding hydrogens is 292 g/mol. The Balaban J connectivity index is 1.72. The minimum atomic E-state index is 0.164. The van der Waals surface area contributed by atoms with Crippen molar-refractivity contribution >= 4 is 5.82 Å². The summed E-state index contributed by atoms with van der Waals surface area (Å²) in [4.78, 5) is 14.0. The number of nitrogens with zero attached hydrogens (tertiary/aromatic N) is 4. The molecule has 128 valence electrons. The van der Waals surface area contributed by atoms with Crippen LogP contribution in [0.2, 0.25) is 0 Å². The van der Waals surface area contributed by atoms with Crippen LogP contribution < -0.4 is 4.90 Å². The third-order valence-electron chi connectivity index (χ3n) is 4.90. The standard InChI is InChI=1S/C17H28N4O2/c1-3-20(2)16-4-7-18-17(19-16)15-13-23-11-8-21(15)12-14-5-9-22-10-6-14/h4,7,14-15H,3,5-6,8-13H2,1-2H3/t15-/m1/s1. The highest BCUT2D eigenvalue weighted by atomic mass is 16.5. The molecule has 2 aliphatic heterocycles. The first kappa shape index (κ1) is 16.6. The maximum Gasteiger partial charge on any atom is 0.150 e. The smallest absolute Gasteiger partial charge is 0.150 e. The quantitative estimate of drug-likeness (QED) is 0.823. The highest BCUT2D eigenvalue weighted by Gasteiger charge is 2.29. The number of ether oxygens (including phenoxy) is 2. The number of anilines is 1. The van der Waals surface area contributed by atoms with Crippen molar-refractivity contribution in [3.8, 4) is 0 Å². The van der Waals surface area contributed by atoms with Crippen molar-refractivity contribution in [3.63, 3.8) is 0 Å². The van der Waals surface area contributed by atoms with Crippen LogP contribution in [0, 0.1) is 5.92 Å². The van der Waals surface area contributed by atoms with E-state index in [-0.39, 0.29) is 6.04 Å². The van der Waals surface area contributed by atoms with Crippen LogP contribution in [0.1, 0.15) is 31.6 Å². The lowest BCUT2D eigenvalue weighted by molar-refractivity contribution is -0.0295. The summed E-state index contributed by atoms with van der Waals surface area (Å²) in [6, 6.07) is 2.14. The number of morpholine rings is 1. The van der Waals surface area contributed by atoms with Gasteiger partial charge in [-0.15, -0.1) is 0 Å². The molecule has 2 aliphatic rings. The summed E-state index contributed by atoms with van der Waals surface area (Å²) in [5, 5.41) is 0. The summed E-state index contributed by atoms with van der Waals surface area (Å²) < 4.78 is 11.2. The second-order valence-corrected chi connectivity index (χ2v) is 6.43. The van der Waals surface area contributed by atoms with E-state index in [0.717, 1.165) is 63.9 Å². The summed E-state index contributed by atoms with van der Waals surface area (Å²) in [7, 11) is 2.06. The van der Waals surface area contributed by atoms with Crippen LogP contribution in [0.5, 0.6) is 0 Å². The third-order valence-corrected chi connectivity index (χ3v) is 4.90. The summed E-state index contributed by atoms with van der Waals surface area (Å²) in [6.45, 7) is 8.39. The Labute approximate surface area is 138 Å². The summed E-state index contributed by atoms with van der Waals surface area (Å²) in [5.74, 6) is 2.58. The van der Waals surface area contributed by atoms with E-state index in [1.807, 2.05) is 12.3 Å². The molecule has 23 heavy (non-hydrogen) atoms. The molecule has 1 aromatic heterocycles. The maximum absolute atomic E-state index is 5.72. The lowest BCUT2D eigenvalue weighted by Gasteiger charge is -2.37. The van der Waals surface area contributed by atoms with Gasteiger partial charge < -0.3 is 14.4 Å². The van der Waals surface area contributed by atoms with Gasteiger partial charge in [-0.25, -0.2) is 9.97 Å². The van der Waals surface area contributed by atoms with Gasteiger partial charge in [-0.05, 0) is 31.7 Å². The molecule has 0 spiro atoms. The molecule has 0 amide bonds. The third kappa shape index (κ3) is 4.19. The number of hydrogen-bond acceptors (Lipinski definition) is 6. The van der Waals surface area contributed by atoms with E-state index >= 15 is 0 Å². The molecule has 0 bridgehead atoms. The highest BCUT2D eigenvalue weighted by molar-refractivity contribution is 5.36. The Morgan fingerprint density at radius 3 is 2.87 bits per heavy atom. The molecule has 0 aromatic carbocycles. The minimum absolute atomic E-state index is 0.164. The van der Waals surface area contributed by atoms with E-state index in [1.54, 1.807) is 0 Å². The van der Waals surface area contributed by atoms with Gasteiger partial charge in [-0.1, -0.05) is 0 Å². The van der Waals surface area contributed by atoms with E-state index in [4.69, 9.17) is 14.5 Å². The molecule has 2 fully saturated rings. The summed E-state index contributed by atoms with van der Waals surface area (Å²) in [5.41, 5.74) is 0. The second-order valence-electron chi connectivity index (χ2n) is 6.43. The fourth-order valence-electron chi connectivity index (χ4n) is 3.25. The lowest BCUT2D eigenvalue weighted by Crippen LogP contribution is -2.43. The van der Waals surface area contributed by atoms with E-state index in [2.05, 4.69) is 28.8 Å². The number of rotatable bonds is 5. The molecule has 6 nitrogen and oxygen atoms in total. The van der Waals surface area contributed by atoms with Gasteiger partial charge in [-0.3, -0.25) is 4.90 Å². The Morgan fingerprint density at radius 1 is 1.26 bits per heavy atom. The van der Waals surface area contributed by atoms with Gasteiger partial charge in [0, 0.05) is 46.1 Å². The van der Waals surface area contributed by atoms with Crippen molar-refractivity contribution < 1.29 is 9.47 Å². The van der Waals surface area contributed by atoms with Gasteiger partial charge in [0.2, 0.25) is 0 Å². The van der Waals surface area contributed by atoms with Crippen LogP contribution in [0.3, 0.4) is 0 Å². The fourth-order valence-corrected chi connectivity index (χ4v) is 3.25. The van der Waals surface area contributed by atoms with Crippen molar-refractivity contribution in [2.24, 2.45) is 5.92 Å². The van der Waals surface area contributed by atoms with Crippen LogP contribution in [0.15, 0.2) is 12.3 Å². The van der Waals surface area contributed by atoms with Gasteiger partial charge in [0.1, 0.15) is 11.6 Å². The maximum atomic E-state index is 5.72. The van der Waals surface area contributed by atoms with E-state index in [9.17, 15) is 0 Å².